The van der Waals surface area contributed by atoms with E-state index in [1.54, 1.807) is 31.1 Å². The van der Waals surface area contributed by atoms with Crippen LogP contribution in [-0.2, 0) is 20.9 Å². The molecule has 6 heteroatoms. The Hall–Kier alpha value is -1.82. The van der Waals surface area contributed by atoms with Crippen LogP contribution in [0.4, 0.5) is 0 Å². The fraction of sp³-hybridized carbons (Fsp3) is 0.600. The Bertz CT molecular complexity index is 496. The predicted octanol–water partition coefficient (Wildman–Crippen LogP) is 1.84. The summed E-state index contributed by atoms with van der Waals surface area (Å²) in [7, 11) is 1.57. The van der Waals surface area contributed by atoms with Crippen LogP contribution in [0, 0.1) is 5.92 Å². The highest BCUT2D eigenvalue weighted by Crippen LogP contribution is 2.21. The first-order valence-electron chi connectivity index (χ1n) is 7.19. The highest BCUT2D eigenvalue weighted by molar-refractivity contribution is 5.92. The second-order valence-corrected chi connectivity index (χ2v) is 5.04. The maximum atomic E-state index is 12.4. The molecule has 1 unspecified atom stereocenters. The van der Waals surface area contributed by atoms with Gasteiger partial charge in [-0.3, -0.25) is 9.59 Å². The highest BCUT2D eigenvalue weighted by Gasteiger charge is 2.30. The SMILES string of the molecule is CCOC(=O)C1CCCN(C(=O)c2ccc(COC)o2)C1. The van der Waals surface area contributed by atoms with Gasteiger partial charge in [-0.2, -0.15) is 0 Å². The van der Waals surface area contributed by atoms with Crippen molar-refractivity contribution in [1.29, 1.82) is 0 Å². The van der Waals surface area contributed by atoms with Crippen molar-refractivity contribution < 1.29 is 23.5 Å². The molecule has 1 fully saturated rings. The molecule has 2 heterocycles. The van der Waals surface area contributed by atoms with Crippen molar-refractivity contribution in [3.8, 4) is 0 Å². The van der Waals surface area contributed by atoms with Gasteiger partial charge < -0.3 is 18.8 Å². The molecule has 1 aliphatic heterocycles. The largest absolute Gasteiger partial charge is 0.466 e. The van der Waals surface area contributed by atoms with E-state index in [4.69, 9.17) is 13.9 Å². The number of methoxy groups -OCH3 is 1. The third kappa shape index (κ3) is 3.85. The summed E-state index contributed by atoms with van der Waals surface area (Å²) in [5, 5.41) is 0. The van der Waals surface area contributed by atoms with Crippen LogP contribution in [0.15, 0.2) is 16.5 Å². The van der Waals surface area contributed by atoms with E-state index in [-0.39, 0.29) is 23.6 Å². The first kappa shape index (κ1) is 15.6. The van der Waals surface area contributed by atoms with Gasteiger partial charge in [-0.1, -0.05) is 0 Å². The zero-order valence-electron chi connectivity index (χ0n) is 12.5. The molecule has 6 nitrogen and oxygen atoms in total. The van der Waals surface area contributed by atoms with Crippen molar-refractivity contribution >= 4 is 11.9 Å². The molecule has 1 aliphatic rings. The maximum Gasteiger partial charge on any atom is 0.310 e. The smallest absolute Gasteiger partial charge is 0.310 e. The van der Waals surface area contributed by atoms with Crippen LogP contribution in [0.25, 0.3) is 0 Å². The number of carbonyl (C=O) groups excluding carboxylic acids is 2. The van der Waals surface area contributed by atoms with Crippen molar-refractivity contribution in [2.45, 2.75) is 26.4 Å². The number of esters is 1. The lowest BCUT2D eigenvalue weighted by atomic mass is 9.98. The minimum absolute atomic E-state index is 0.189. The minimum Gasteiger partial charge on any atom is -0.466 e. The standard InChI is InChI=1S/C15H21NO5/c1-3-20-15(18)11-5-4-8-16(9-11)14(17)13-7-6-12(21-13)10-19-2/h6-7,11H,3-5,8-10H2,1-2H3. The second kappa shape index (κ2) is 7.26. The molecule has 21 heavy (non-hydrogen) atoms. The summed E-state index contributed by atoms with van der Waals surface area (Å²) in [5.41, 5.74) is 0. The highest BCUT2D eigenvalue weighted by atomic mass is 16.5. The average molecular weight is 295 g/mol. The average Bonchev–Trinajstić information content (AvgIpc) is 2.96. The van der Waals surface area contributed by atoms with Gasteiger partial charge in [0.2, 0.25) is 0 Å². The van der Waals surface area contributed by atoms with Crippen LogP contribution in [0.1, 0.15) is 36.1 Å². The fourth-order valence-corrected chi connectivity index (χ4v) is 2.48. The molecule has 1 saturated heterocycles. The summed E-state index contributed by atoms with van der Waals surface area (Å²) in [4.78, 5) is 25.8. The number of hydrogen-bond acceptors (Lipinski definition) is 5. The zero-order chi connectivity index (χ0) is 15.2. The van der Waals surface area contributed by atoms with E-state index in [1.165, 1.54) is 0 Å². The molecule has 1 aromatic rings. The van der Waals surface area contributed by atoms with Gasteiger partial charge in [-0.25, -0.2) is 0 Å². The Labute approximate surface area is 124 Å². The van der Waals surface area contributed by atoms with Crippen LogP contribution in [0.2, 0.25) is 0 Å². The number of furan rings is 1. The Morgan fingerprint density at radius 3 is 2.95 bits per heavy atom. The van der Waals surface area contributed by atoms with E-state index in [0.29, 0.717) is 32.1 Å². The number of piperidine rings is 1. The lowest BCUT2D eigenvalue weighted by Crippen LogP contribution is -2.42. The summed E-state index contributed by atoms with van der Waals surface area (Å²) < 4.78 is 15.4. The topological polar surface area (TPSA) is 69.0 Å². The van der Waals surface area contributed by atoms with Crippen LogP contribution in [0.3, 0.4) is 0 Å². The molecule has 0 spiro atoms. The number of hydrogen-bond donors (Lipinski definition) is 0. The van der Waals surface area contributed by atoms with Crippen LogP contribution < -0.4 is 0 Å². The monoisotopic (exact) mass is 295 g/mol. The zero-order valence-corrected chi connectivity index (χ0v) is 12.5. The Kier molecular flexibility index (Phi) is 5.38. The normalized spacial score (nSPS) is 18.6. The predicted molar refractivity (Wildman–Crippen MR) is 74.7 cm³/mol. The number of nitrogens with zero attached hydrogens (tertiary/aromatic N) is 1. The number of amides is 1. The van der Waals surface area contributed by atoms with E-state index in [1.807, 2.05) is 0 Å². The van der Waals surface area contributed by atoms with E-state index in [9.17, 15) is 9.59 Å². The van der Waals surface area contributed by atoms with Crippen molar-refractivity contribution in [2.75, 3.05) is 26.8 Å². The molecule has 1 aromatic heterocycles. The van der Waals surface area contributed by atoms with Crippen LogP contribution >= 0.6 is 0 Å². The van der Waals surface area contributed by atoms with Gasteiger partial charge in [-0.05, 0) is 31.9 Å². The molecule has 1 amide bonds. The number of likely N-dealkylation sites (tertiary alicyclic amines) is 1. The Balaban J connectivity index is 1.99. The molecular weight excluding hydrogens is 274 g/mol. The van der Waals surface area contributed by atoms with E-state index >= 15 is 0 Å². The van der Waals surface area contributed by atoms with Crippen LogP contribution in [-0.4, -0.2) is 43.6 Å². The molecule has 0 saturated carbocycles. The molecule has 116 valence electrons. The molecule has 0 aromatic carbocycles. The van der Waals surface area contributed by atoms with Gasteiger partial charge in [0, 0.05) is 20.2 Å². The van der Waals surface area contributed by atoms with Gasteiger partial charge in [0.1, 0.15) is 12.4 Å². The summed E-state index contributed by atoms with van der Waals surface area (Å²) in [6.07, 6.45) is 1.55. The first-order chi connectivity index (χ1) is 10.2. The van der Waals surface area contributed by atoms with Gasteiger partial charge >= 0.3 is 5.97 Å². The first-order valence-corrected chi connectivity index (χ1v) is 7.19. The van der Waals surface area contributed by atoms with Crippen molar-refractivity contribution in [1.82, 2.24) is 4.90 Å². The van der Waals surface area contributed by atoms with Crippen molar-refractivity contribution in [3.63, 3.8) is 0 Å². The van der Waals surface area contributed by atoms with Gasteiger partial charge in [0.15, 0.2) is 5.76 Å². The van der Waals surface area contributed by atoms with Gasteiger partial charge in [0.25, 0.3) is 5.91 Å². The summed E-state index contributed by atoms with van der Waals surface area (Å²) in [6, 6.07) is 3.37. The number of ether oxygens (including phenoxy) is 2. The van der Waals surface area contributed by atoms with Gasteiger partial charge in [0.05, 0.1) is 12.5 Å². The lowest BCUT2D eigenvalue weighted by molar-refractivity contribution is -0.149. The second-order valence-electron chi connectivity index (χ2n) is 5.04. The molecule has 2 rings (SSSR count). The van der Waals surface area contributed by atoms with Crippen molar-refractivity contribution in [3.05, 3.63) is 23.7 Å². The molecular formula is C15H21NO5. The van der Waals surface area contributed by atoms with E-state index < -0.39 is 0 Å². The third-order valence-electron chi connectivity index (χ3n) is 3.49. The molecule has 0 radical (unpaired) electrons. The van der Waals surface area contributed by atoms with E-state index in [2.05, 4.69) is 0 Å². The Morgan fingerprint density at radius 1 is 1.43 bits per heavy atom. The van der Waals surface area contributed by atoms with Crippen LogP contribution in [0.5, 0.6) is 0 Å². The summed E-state index contributed by atoms with van der Waals surface area (Å²) in [5.74, 6) is 0.239. The summed E-state index contributed by atoms with van der Waals surface area (Å²) >= 11 is 0. The number of carbonyl (C=O) groups is 2. The molecule has 0 N–H and O–H groups in total. The van der Waals surface area contributed by atoms with Crippen molar-refractivity contribution in [2.24, 2.45) is 5.92 Å². The fourth-order valence-electron chi connectivity index (χ4n) is 2.48. The maximum absolute atomic E-state index is 12.4. The number of rotatable bonds is 5. The molecule has 0 aliphatic carbocycles. The Morgan fingerprint density at radius 2 is 2.24 bits per heavy atom. The lowest BCUT2D eigenvalue weighted by Gasteiger charge is -2.30. The molecule has 0 bridgehead atoms. The van der Waals surface area contributed by atoms with Gasteiger partial charge in [-0.15, -0.1) is 0 Å². The summed E-state index contributed by atoms with van der Waals surface area (Å²) in [6.45, 7) is 3.50. The minimum atomic E-state index is -0.240. The quantitative estimate of drug-likeness (QED) is 0.775. The third-order valence-corrected chi connectivity index (χ3v) is 3.49. The van der Waals surface area contributed by atoms with E-state index in [0.717, 1.165) is 12.8 Å². The molecule has 1 atom stereocenters.